The largest absolute Gasteiger partial charge is 0.368 e. The van der Waals surface area contributed by atoms with E-state index in [1.54, 1.807) is 0 Å². The molecule has 0 heterocycles. The first-order valence-corrected chi connectivity index (χ1v) is 7.39. The van der Waals surface area contributed by atoms with Crippen molar-refractivity contribution in [2.75, 3.05) is 13.1 Å². The van der Waals surface area contributed by atoms with Crippen molar-refractivity contribution in [3.05, 3.63) is 35.4 Å². The molecule has 0 aliphatic heterocycles. The van der Waals surface area contributed by atoms with Crippen LogP contribution in [0.5, 0.6) is 0 Å². The average Bonchev–Trinajstić information content (AvgIpc) is 2.46. The van der Waals surface area contributed by atoms with Crippen molar-refractivity contribution in [2.24, 2.45) is 11.5 Å². The third-order valence-electron chi connectivity index (χ3n) is 3.96. The molecule has 1 aliphatic rings. The van der Waals surface area contributed by atoms with E-state index in [0.29, 0.717) is 0 Å². The predicted octanol–water partition coefficient (Wildman–Crippen LogP) is 0.296. The second kappa shape index (κ2) is 7.06. The minimum absolute atomic E-state index is 0.112. The monoisotopic (exact) mass is 303 g/mol. The van der Waals surface area contributed by atoms with Crippen LogP contribution < -0.4 is 11.5 Å². The molecule has 0 bridgehead atoms. The predicted molar refractivity (Wildman–Crippen MR) is 81.7 cm³/mol. The molecule has 1 atom stereocenters. The first-order chi connectivity index (χ1) is 10.5. The summed E-state index contributed by atoms with van der Waals surface area (Å²) < 4.78 is 0. The Kier molecular flexibility index (Phi) is 5.14. The van der Waals surface area contributed by atoms with Crippen molar-refractivity contribution in [1.82, 2.24) is 4.90 Å². The fourth-order valence-electron chi connectivity index (χ4n) is 3.01. The Balaban J connectivity index is 2.10. The molecule has 0 aromatic heterocycles. The van der Waals surface area contributed by atoms with Crippen LogP contribution in [0.1, 0.15) is 36.3 Å². The van der Waals surface area contributed by atoms with E-state index in [-0.39, 0.29) is 31.3 Å². The first kappa shape index (κ1) is 16.0. The summed E-state index contributed by atoms with van der Waals surface area (Å²) in [5.41, 5.74) is 12.7. The van der Waals surface area contributed by atoms with Crippen LogP contribution in [0.4, 0.5) is 0 Å². The van der Waals surface area contributed by atoms with Crippen LogP contribution in [0.25, 0.3) is 0 Å². The molecule has 1 aliphatic carbocycles. The van der Waals surface area contributed by atoms with Crippen LogP contribution in [-0.2, 0) is 20.8 Å². The Labute approximate surface area is 129 Å². The van der Waals surface area contributed by atoms with Gasteiger partial charge in [0, 0.05) is 6.42 Å². The number of primary amides is 2. The number of rotatable bonds is 6. The molecule has 1 aromatic rings. The molecule has 1 aromatic carbocycles. The van der Waals surface area contributed by atoms with Gasteiger partial charge in [0.05, 0.1) is 13.1 Å². The van der Waals surface area contributed by atoms with E-state index >= 15 is 0 Å². The van der Waals surface area contributed by atoms with Gasteiger partial charge in [-0.15, -0.1) is 0 Å². The number of benzene rings is 1. The Morgan fingerprint density at radius 3 is 2.36 bits per heavy atom. The van der Waals surface area contributed by atoms with Crippen LogP contribution in [0.2, 0.25) is 0 Å². The summed E-state index contributed by atoms with van der Waals surface area (Å²) in [4.78, 5) is 35.7. The number of nitrogens with zero attached hydrogens (tertiary/aromatic N) is 1. The van der Waals surface area contributed by atoms with Gasteiger partial charge in [-0.25, -0.2) is 0 Å². The van der Waals surface area contributed by atoms with Gasteiger partial charge in [0.1, 0.15) is 0 Å². The van der Waals surface area contributed by atoms with Crippen LogP contribution in [0.15, 0.2) is 24.3 Å². The molecule has 6 nitrogen and oxygen atoms in total. The van der Waals surface area contributed by atoms with Gasteiger partial charge >= 0.3 is 0 Å². The smallest absolute Gasteiger partial charge is 0.237 e. The molecular weight excluding hydrogens is 282 g/mol. The summed E-state index contributed by atoms with van der Waals surface area (Å²) in [6, 6.07) is 8.08. The summed E-state index contributed by atoms with van der Waals surface area (Å²) >= 11 is 0. The maximum atomic E-state index is 12.4. The third-order valence-corrected chi connectivity index (χ3v) is 3.96. The van der Waals surface area contributed by atoms with Crippen LogP contribution >= 0.6 is 0 Å². The molecule has 0 saturated heterocycles. The summed E-state index contributed by atoms with van der Waals surface area (Å²) in [5.74, 6) is -1.46. The molecule has 4 N–H and O–H groups in total. The highest BCUT2D eigenvalue weighted by molar-refractivity contribution is 5.88. The Bertz CT molecular complexity index is 570. The summed E-state index contributed by atoms with van der Waals surface area (Å²) in [6.45, 7) is -0.563. The third kappa shape index (κ3) is 4.07. The van der Waals surface area contributed by atoms with Crippen molar-refractivity contribution in [1.29, 1.82) is 0 Å². The molecule has 118 valence electrons. The standard InChI is InChI=1S/C16H21N3O3/c17-14(20)9-19(10-15(18)21)16(22)8-12-6-3-5-11-4-1-2-7-13(11)12/h1-2,4,7,12H,3,5-6,8-10H2,(H2,17,20)(H2,18,21). The molecule has 0 saturated carbocycles. The Morgan fingerprint density at radius 1 is 1.09 bits per heavy atom. The number of nitrogens with two attached hydrogens (primary N) is 2. The van der Waals surface area contributed by atoms with Crippen LogP contribution in [0, 0.1) is 0 Å². The normalized spacial score (nSPS) is 16.6. The zero-order valence-corrected chi connectivity index (χ0v) is 12.5. The highest BCUT2D eigenvalue weighted by atomic mass is 16.2. The van der Waals surface area contributed by atoms with Crippen molar-refractivity contribution in [2.45, 2.75) is 31.6 Å². The molecule has 0 fully saturated rings. The van der Waals surface area contributed by atoms with Gasteiger partial charge in [-0.1, -0.05) is 24.3 Å². The summed E-state index contributed by atoms with van der Waals surface area (Å²) in [5, 5.41) is 0. The number of hydrogen-bond donors (Lipinski definition) is 2. The van der Waals surface area contributed by atoms with Gasteiger partial charge in [0.25, 0.3) is 0 Å². The maximum Gasteiger partial charge on any atom is 0.237 e. The molecule has 0 spiro atoms. The number of fused-ring (bicyclic) bond motifs is 1. The number of amides is 3. The number of carbonyl (C=O) groups is 3. The quantitative estimate of drug-likeness (QED) is 0.789. The average molecular weight is 303 g/mol. The SMILES string of the molecule is NC(=O)CN(CC(N)=O)C(=O)CC1CCCc2ccccc21. The minimum Gasteiger partial charge on any atom is -0.368 e. The van der Waals surface area contributed by atoms with Gasteiger partial charge in [-0.2, -0.15) is 0 Å². The zero-order valence-electron chi connectivity index (χ0n) is 12.5. The lowest BCUT2D eigenvalue weighted by atomic mass is 9.81. The molecule has 0 radical (unpaired) electrons. The highest BCUT2D eigenvalue weighted by Crippen LogP contribution is 2.34. The number of carbonyl (C=O) groups excluding carboxylic acids is 3. The van der Waals surface area contributed by atoms with E-state index in [4.69, 9.17) is 11.5 Å². The molecule has 3 amide bonds. The lowest BCUT2D eigenvalue weighted by Gasteiger charge is -2.27. The van der Waals surface area contributed by atoms with Gasteiger partial charge in [-0.05, 0) is 36.3 Å². The minimum atomic E-state index is -0.654. The lowest BCUT2D eigenvalue weighted by Crippen LogP contribution is -2.43. The van der Waals surface area contributed by atoms with Gasteiger partial charge < -0.3 is 16.4 Å². The van der Waals surface area contributed by atoms with Crippen LogP contribution in [0.3, 0.4) is 0 Å². The zero-order chi connectivity index (χ0) is 16.1. The van der Waals surface area contributed by atoms with E-state index in [9.17, 15) is 14.4 Å². The second-order valence-corrected chi connectivity index (χ2v) is 5.67. The van der Waals surface area contributed by atoms with E-state index in [1.165, 1.54) is 11.1 Å². The van der Waals surface area contributed by atoms with Crippen molar-refractivity contribution < 1.29 is 14.4 Å². The topological polar surface area (TPSA) is 106 Å². The highest BCUT2D eigenvalue weighted by Gasteiger charge is 2.26. The van der Waals surface area contributed by atoms with Gasteiger partial charge in [0.2, 0.25) is 17.7 Å². The molecule has 22 heavy (non-hydrogen) atoms. The number of hydrogen-bond acceptors (Lipinski definition) is 3. The number of aryl methyl sites for hydroxylation is 1. The maximum absolute atomic E-state index is 12.4. The van der Waals surface area contributed by atoms with Crippen molar-refractivity contribution >= 4 is 17.7 Å². The Morgan fingerprint density at radius 2 is 1.73 bits per heavy atom. The fraction of sp³-hybridized carbons (Fsp3) is 0.438. The van der Waals surface area contributed by atoms with E-state index < -0.39 is 11.8 Å². The van der Waals surface area contributed by atoms with E-state index in [0.717, 1.165) is 24.2 Å². The van der Waals surface area contributed by atoms with Gasteiger partial charge in [0.15, 0.2) is 0 Å². The molecule has 1 unspecified atom stereocenters. The van der Waals surface area contributed by atoms with Crippen molar-refractivity contribution in [3.8, 4) is 0 Å². The molecule has 6 heteroatoms. The van der Waals surface area contributed by atoms with Gasteiger partial charge in [-0.3, -0.25) is 14.4 Å². The Hall–Kier alpha value is -2.37. The van der Waals surface area contributed by atoms with E-state index in [1.807, 2.05) is 18.2 Å². The van der Waals surface area contributed by atoms with Crippen molar-refractivity contribution in [3.63, 3.8) is 0 Å². The fourth-order valence-corrected chi connectivity index (χ4v) is 3.01. The first-order valence-electron chi connectivity index (χ1n) is 7.39. The second-order valence-electron chi connectivity index (χ2n) is 5.67. The van der Waals surface area contributed by atoms with Crippen LogP contribution in [-0.4, -0.2) is 35.7 Å². The summed E-state index contributed by atoms with van der Waals surface area (Å²) in [6.07, 6.45) is 3.23. The summed E-state index contributed by atoms with van der Waals surface area (Å²) in [7, 11) is 0. The molecular formula is C16H21N3O3. The van der Waals surface area contributed by atoms with E-state index in [2.05, 4.69) is 6.07 Å². The lowest BCUT2D eigenvalue weighted by molar-refractivity contribution is -0.138. The molecule has 2 rings (SSSR count).